The smallest absolute Gasteiger partial charge is 0.306 e. The van der Waals surface area contributed by atoms with E-state index in [0.717, 1.165) is 57.8 Å². The van der Waals surface area contributed by atoms with E-state index in [4.69, 9.17) is 14.2 Å². The average Bonchev–Trinajstić information content (AvgIpc) is 3.43. The summed E-state index contributed by atoms with van der Waals surface area (Å²) in [6, 6.07) is 0. The van der Waals surface area contributed by atoms with Gasteiger partial charge in [-0.2, -0.15) is 0 Å². The van der Waals surface area contributed by atoms with Crippen molar-refractivity contribution in [2.75, 3.05) is 13.2 Å². The molecule has 0 aromatic rings. The Kier molecular flexibility index (Phi) is 64.6. The fourth-order valence-electron chi connectivity index (χ4n) is 10.7. The Morgan fingerprint density at radius 3 is 0.649 bits per heavy atom. The second-order valence-corrected chi connectivity index (χ2v) is 23.8. The van der Waals surface area contributed by atoms with Gasteiger partial charge in [0.05, 0.1) is 0 Å². The molecule has 0 aromatic heterocycles. The van der Waals surface area contributed by atoms with Crippen molar-refractivity contribution >= 4 is 17.9 Å². The standard InChI is InChI=1S/C71H134O6/c1-4-7-10-13-16-19-21-23-25-27-29-31-33-35-37-39-41-43-45-47-49-52-55-58-61-64-70(73)76-67-68(66-75-69(72)63-60-57-54-51-18-15-12-9-6-3)77-71(74)65-62-59-56-53-50-48-46-44-42-40-38-36-34-32-30-28-26-24-22-20-17-14-11-8-5-2/h27-30,68H,4-26,31-67H2,1-3H3/b29-27-,30-28-. The third-order valence-corrected chi connectivity index (χ3v) is 15.9. The summed E-state index contributed by atoms with van der Waals surface area (Å²) >= 11 is 0. The van der Waals surface area contributed by atoms with Crippen molar-refractivity contribution in [2.24, 2.45) is 0 Å². The van der Waals surface area contributed by atoms with Crippen molar-refractivity contribution in [2.45, 2.75) is 399 Å². The minimum Gasteiger partial charge on any atom is -0.462 e. The highest BCUT2D eigenvalue weighted by Crippen LogP contribution is 2.18. The fraction of sp³-hybridized carbons (Fsp3) is 0.901. The minimum atomic E-state index is -0.767. The zero-order valence-corrected chi connectivity index (χ0v) is 52.3. The molecule has 0 fully saturated rings. The number of carbonyl (C=O) groups is 3. The number of hydrogen-bond acceptors (Lipinski definition) is 6. The molecule has 0 saturated carbocycles. The molecule has 0 bridgehead atoms. The van der Waals surface area contributed by atoms with Gasteiger partial charge in [-0.25, -0.2) is 0 Å². The van der Waals surface area contributed by atoms with Gasteiger partial charge in [0.2, 0.25) is 0 Å². The molecule has 0 radical (unpaired) electrons. The van der Waals surface area contributed by atoms with E-state index in [0.29, 0.717) is 19.3 Å². The number of esters is 3. The molecule has 1 unspecified atom stereocenters. The van der Waals surface area contributed by atoms with E-state index in [1.807, 2.05) is 0 Å². The van der Waals surface area contributed by atoms with Crippen molar-refractivity contribution in [3.63, 3.8) is 0 Å². The van der Waals surface area contributed by atoms with Crippen LogP contribution >= 0.6 is 0 Å². The van der Waals surface area contributed by atoms with Crippen LogP contribution < -0.4 is 0 Å². The lowest BCUT2D eigenvalue weighted by atomic mass is 10.0. The van der Waals surface area contributed by atoms with Crippen LogP contribution in [0.4, 0.5) is 0 Å². The number of ether oxygens (including phenoxy) is 3. The summed E-state index contributed by atoms with van der Waals surface area (Å²) in [5.74, 6) is -0.841. The molecule has 0 aliphatic rings. The number of rotatable bonds is 65. The van der Waals surface area contributed by atoms with Gasteiger partial charge in [0.1, 0.15) is 13.2 Å². The molecular formula is C71H134O6. The van der Waals surface area contributed by atoms with Crippen molar-refractivity contribution in [3.05, 3.63) is 24.3 Å². The Morgan fingerprint density at radius 2 is 0.429 bits per heavy atom. The van der Waals surface area contributed by atoms with Crippen LogP contribution in [0.15, 0.2) is 24.3 Å². The van der Waals surface area contributed by atoms with Gasteiger partial charge >= 0.3 is 17.9 Å². The Bertz CT molecular complexity index is 1240. The van der Waals surface area contributed by atoms with E-state index in [2.05, 4.69) is 45.1 Å². The Morgan fingerprint density at radius 1 is 0.247 bits per heavy atom. The third-order valence-electron chi connectivity index (χ3n) is 15.9. The van der Waals surface area contributed by atoms with E-state index in [1.54, 1.807) is 0 Å². The zero-order chi connectivity index (χ0) is 55.7. The van der Waals surface area contributed by atoms with Crippen molar-refractivity contribution in [1.29, 1.82) is 0 Å². The maximum Gasteiger partial charge on any atom is 0.306 e. The van der Waals surface area contributed by atoms with Gasteiger partial charge in [-0.15, -0.1) is 0 Å². The van der Waals surface area contributed by atoms with Crippen molar-refractivity contribution in [1.82, 2.24) is 0 Å². The molecule has 0 aromatic carbocycles. The van der Waals surface area contributed by atoms with Gasteiger partial charge in [0.25, 0.3) is 0 Å². The number of unbranched alkanes of at least 4 members (excludes halogenated alkanes) is 50. The summed E-state index contributed by atoms with van der Waals surface area (Å²) in [6.07, 6.45) is 80.8. The number of allylic oxidation sites excluding steroid dienone is 4. The van der Waals surface area contributed by atoms with Crippen LogP contribution in [0.25, 0.3) is 0 Å². The topological polar surface area (TPSA) is 78.9 Å². The Labute approximate surface area is 481 Å². The van der Waals surface area contributed by atoms with Gasteiger partial charge in [-0.1, -0.05) is 328 Å². The first-order chi connectivity index (χ1) is 38.0. The van der Waals surface area contributed by atoms with Crippen LogP contribution in [-0.4, -0.2) is 37.2 Å². The minimum absolute atomic E-state index is 0.0657. The quantitative estimate of drug-likeness (QED) is 0.0261. The van der Waals surface area contributed by atoms with Gasteiger partial charge in [0, 0.05) is 19.3 Å². The summed E-state index contributed by atoms with van der Waals surface area (Å²) in [4.78, 5) is 38.3. The fourth-order valence-corrected chi connectivity index (χ4v) is 10.7. The first kappa shape index (κ1) is 74.9. The number of carbonyl (C=O) groups excluding carboxylic acids is 3. The second-order valence-electron chi connectivity index (χ2n) is 23.8. The highest BCUT2D eigenvalue weighted by molar-refractivity contribution is 5.71. The second kappa shape index (κ2) is 66.4. The number of hydrogen-bond donors (Lipinski definition) is 0. The molecule has 6 nitrogen and oxygen atoms in total. The summed E-state index contributed by atoms with van der Waals surface area (Å²) < 4.78 is 16.9. The van der Waals surface area contributed by atoms with Gasteiger partial charge in [0.15, 0.2) is 6.10 Å². The maximum atomic E-state index is 12.9. The van der Waals surface area contributed by atoms with E-state index < -0.39 is 6.10 Å². The lowest BCUT2D eigenvalue weighted by Gasteiger charge is -2.18. The van der Waals surface area contributed by atoms with Crippen LogP contribution in [0.1, 0.15) is 393 Å². The first-order valence-corrected chi connectivity index (χ1v) is 34.8. The van der Waals surface area contributed by atoms with Crippen LogP contribution in [0.2, 0.25) is 0 Å². The maximum absolute atomic E-state index is 12.9. The van der Waals surface area contributed by atoms with Crippen LogP contribution in [0, 0.1) is 0 Å². The molecule has 1 atom stereocenters. The van der Waals surface area contributed by atoms with E-state index >= 15 is 0 Å². The molecule has 0 heterocycles. The van der Waals surface area contributed by atoms with E-state index in [-0.39, 0.29) is 31.1 Å². The van der Waals surface area contributed by atoms with Crippen molar-refractivity contribution in [3.8, 4) is 0 Å². The predicted octanol–water partition coefficient (Wildman–Crippen LogP) is 23.8. The van der Waals surface area contributed by atoms with Crippen LogP contribution in [0.3, 0.4) is 0 Å². The van der Waals surface area contributed by atoms with Crippen molar-refractivity contribution < 1.29 is 28.6 Å². The third kappa shape index (κ3) is 64.6. The molecule has 0 N–H and O–H groups in total. The highest BCUT2D eigenvalue weighted by Gasteiger charge is 2.19. The Balaban J connectivity index is 4.12. The highest BCUT2D eigenvalue weighted by atomic mass is 16.6. The van der Waals surface area contributed by atoms with E-state index in [1.165, 1.54) is 295 Å². The van der Waals surface area contributed by atoms with Crippen LogP contribution in [0.5, 0.6) is 0 Å². The molecular weight excluding hydrogens is 949 g/mol. The summed E-state index contributed by atoms with van der Waals surface area (Å²) in [7, 11) is 0. The monoisotopic (exact) mass is 1080 g/mol. The SMILES string of the molecule is CCCCCCCCCC/C=C\CCCCCCCCCCCCCCCC(=O)OCC(COC(=O)CCCCCCCCCCC)OC(=O)CCCCCCCCCCCCCCC/C=C\CCCCCCCCCC. The Hall–Kier alpha value is -2.11. The zero-order valence-electron chi connectivity index (χ0n) is 52.3. The molecule has 0 rings (SSSR count). The molecule has 0 amide bonds. The molecule has 77 heavy (non-hydrogen) atoms. The molecule has 6 heteroatoms. The summed E-state index contributed by atoms with van der Waals surface area (Å²) in [6.45, 7) is 6.69. The molecule has 0 spiro atoms. The summed E-state index contributed by atoms with van der Waals surface area (Å²) in [5.41, 5.74) is 0. The predicted molar refractivity (Wildman–Crippen MR) is 335 cm³/mol. The molecule has 0 aliphatic heterocycles. The van der Waals surface area contributed by atoms with Gasteiger partial charge in [-0.3, -0.25) is 14.4 Å². The van der Waals surface area contributed by atoms with E-state index in [9.17, 15) is 14.4 Å². The molecule has 0 saturated heterocycles. The van der Waals surface area contributed by atoms with Gasteiger partial charge < -0.3 is 14.2 Å². The average molecular weight is 1080 g/mol. The van der Waals surface area contributed by atoms with Gasteiger partial charge in [-0.05, 0) is 70.6 Å². The first-order valence-electron chi connectivity index (χ1n) is 34.8. The molecule has 454 valence electrons. The van der Waals surface area contributed by atoms with Crippen LogP contribution in [-0.2, 0) is 28.6 Å². The lowest BCUT2D eigenvalue weighted by molar-refractivity contribution is -0.167. The lowest BCUT2D eigenvalue weighted by Crippen LogP contribution is -2.30. The summed E-state index contributed by atoms with van der Waals surface area (Å²) in [5, 5.41) is 0. The molecule has 0 aliphatic carbocycles. The normalized spacial score (nSPS) is 12.1. The largest absolute Gasteiger partial charge is 0.462 e.